The van der Waals surface area contributed by atoms with Crippen LogP contribution in [0, 0.1) is 6.92 Å². The van der Waals surface area contributed by atoms with Crippen molar-refractivity contribution in [2.45, 2.75) is 31.0 Å². The maximum absolute atomic E-state index is 12.1. The van der Waals surface area contributed by atoms with Gasteiger partial charge in [0.1, 0.15) is 0 Å². The monoisotopic (exact) mass is 318 g/mol. The van der Waals surface area contributed by atoms with Gasteiger partial charge in [0.15, 0.2) is 4.21 Å². The number of nitrogens with one attached hydrogen (secondary N) is 2. The Hall–Kier alpha value is -0.960. The van der Waals surface area contributed by atoms with Gasteiger partial charge < -0.3 is 4.98 Å². The third-order valence-electron chi connectivity index (χ3n) is 2.53. The molecule has 0 atom stereocenters. The van der Waals surface area contributed by atoms with E-state index >= 15 is 0 Å². The lowest BCUT2D eigenvalue weighted by Crippen LogP contribution is -2.22. The highest BCUT2D eigenvalue weighted by atomic mass is 32.2. The summed E-state index contributed by atoms with van der Waals surface area (Å²) >= 11 is 2.29. The molecule has 0 radical (unpaired) electrons. The van der Waals surface area contributed by atoms with Gasteiger partial charge in [-0.15, -0.1) is 11.3 Å². The Labute approximate surface area is 119 Å². The fourth-order valence-corrected chi connectivity index (χ4v) is 4.92. The Kier molecular flexibility index (Phi) is 4.24. The molecule has 19 heavy (non-hydrogen) atoms. The molecule has 0 fully saturated rings. The van der Waals surface area contributed by atoms with Crippen LogP contribution < -0.4 is 9.60 Å². The molecule has 0 spiro atoms. The van der Waals surface area contributed by atoms with E-state index in [2.05, 4.69) is 16.6 Å². The molecule has 8 heteroatoms. The summed E-state index contributed by atoms with van der Waals surface area (Å²) < 4.78 is 26.7. The first-order chi connectivity index (χ1) is 8.92. The summed E-state index contributed by atoms with van der Waals surface area (Å²) in [5.41, 5.74) is 0.378. The summed E-state index contributed by atoms with van der Waals surface area (Å²) in [6.45, 7) is 3.88. The number of aryl methyl sites for hydroxylation is 2. The van der Waals surface area contributed by atoms with Gasteiger partial charge in [-0.25, -0.2) is 13.1 Å². The van der Waals surface area contributed by atoms with Gasteiger partial charge >= 0.3 is 4.87 Å². The quantitative estimate of drug-likeness (QED) is 0.883. The van der Waals surface area contributed by atoms with E-state index in [1.165, 1.54) is 4.88 Å². The molecule has 2 aromatic heterocycles. The van der Waals surface area contributed by atoms with Crippen LogP contribution in [0.25, 0.3) is 0 Å². The van der Waals surface area contributed by atoms with E-state index in [1.807, 2.05) is 12.1 Å². The van der Waals surface area contributed by atoms with Crippen LogP contribution in [0.5, 0.6) is 0 Å². The average Bonchev–Trinajstić information content (AvgIpc) is 2.93. The largest absolute Gasteiger partial charge is 0.315 e. The Morgan fingerprint density at radius 2 is 1.95 bits per heavy atom. The number of hydrogen-bond acceptors (Lipinski definition) is 5. The Morgan fingerprint density at radius 1 is 1.26 bits per heavy atom. The summed E-state index contributed by atoms with van der Waals surface area (Å²) in [7, 11) is -3.62. The predicted molar refractivity (Wildman–Crippen MR) is 77.4 cm³/mol. The standard InChI is InChI=1S/C11H14N2O3S3/c1-3-8-4-5-9(17-8)6-12-19(15,16)10-7(2)13-11(14)18-10/h4-5,12H,3,6H2,1-2H3,(H,13,14). The van der Waals surface area contributed by atoms with Gasteiger partial charge in [-0.3, -0.25) is 4.79 Å². The second-order valence-corrected chi connectivity index (χ2v) is 8.17. The number of H-pyrrole nitrogens is 1. The van der Waals surface area contributed by atoms with Crippen molar-refractivity contribution in [2.75, 3.05) is 0 Å². The van der Waals surface area contributed by atoms with Gasteiger partial charge in [-0.2, -0.15) is 0 Å². The molecular formula is C11H14N2O3S3. The minimum absolute atomic E-state index is 0.0600. The van der Waals surface area contributed by atoms with E-state index in [4.69, 9.17) is 0 Å². The Bertz CT molecular complexity index is 724. The molecule has 5 nitrogen and oxygen atoms in total. The lowest BCUT2D eigenvalue weighted by Gasteiger charge is -2.03. The zero-order valence-electron chi connectivity index (χ0n) is 10.5. The molecule has 0 unspecified atom stereocenters. The summed E-state index contributed by atoms with van der Waals surface area (Å²) in [5, 5.41) is 0. The maximum atomic E-state index is 12.1. The summed E-state index contributed by atoms with van der Waals surface area (Å²) in [5.74, 6) is 0. The van der Waals surface area contributed by atoms with Crippen LogP contribution in [0.15, 0.2) is 21.1 Å². The summed E-state index contributed by atoms with van der Waals surface area (Å²) in [6.07, 6.45) is 0.940. The lowest BCUT2D eigenvalue weighted by atomic mass is 10.4. The van der Waals surface area contributed by atoms with E-state index < -0.39 is 10.0 Å². The van der Waals surface area contributed by atoms with Crippen molar-refractivity contribution in [2.24, 2.45) is 0 Å². The molecule has 0 amide bonds. The number of hydrogen-bond donors (Lipinski definition) is 2. The van der Waals surface area contributed by atoms with E-state index in [9.17, 15) is 13.2 Å². The minimum Gasteiger partial charge on any atom is -0.315 e. The van der Waals surface area contributed by atoms with Crippen molar-refractivity contribution in [3.8, 4) is 0 Å². The molecule has 0 saturated heterocycles. The van der Waals surface area contributed by atoms with Gasteiger partial charge in [0.25, 0.3) is 10.0 Å². The highest BCUT2D eigenvalue weighted by Crippen LogP contribution is 2.19. The zero-order chi connectivity index (χ0) is 14.0. The van der Waals surface area contributed by atoms with E-state index in [1.54, 1.807) is 18.3 Å². The molecule has 0 aliphatic heterocycles. The van der Waals surface area contributed by atoms with Gasteiger partial charge in [-0.1, -0.05) is 18.3 Å². The first-order valence-corrected chi connectivity index (χ1v) is 8.81. The lowest BCUT2D eigenvalue weighted by molar-refractivity contribution is 0.583. The number of thiophene rings is 1. The normalized spacial score (nSPS) is 11.9. The van der Waals surface area contributed by atoms with Crippen molar-refractivity contribution in [1.82, 2.24) is 9.71 Å². The minimum atomic E-state index is -3.62. The second-order valence-electron chi connectivity index (χ2n) is 3.97. The fourth-order valence-electron chi connectivity index (χ4n) is 1.59. The molecule has 104 valence electrons. The van der Waals surface area contributed by atoms with Gasteiger partial charge in [0.05, 0.1) is 0 Å². The SMILES string of the molecule is CCc1ccc(CNS(=O)(=O)c2sc(=O)[nH]c2C)s1. The van der Waals surface area contributed by atoms with Crippen molar-refractivity contribution in [3.63, 3.8) is 0 Å². The van der Waals surface area contributed by atoms with Crippen LogP contribution in [0.1, 0.15) is 22.4 Å². The molecule has 2 aromatic rings. The molecule has 0 aliphatic rings. The van der Waals surface area contributed by atoms with Crippen LogP contribution in [0.4, 0.5) is 0 Å². The van der Waals surface area contributed by atoms with Crippen molar-refractivity contribution >= 4 is 32.7 Å². The molecule has 2 heterocycles. The van der Waals surface area contributed by atoms with Gasteiger partial charge in [-0.05, 0) is 25.5 Å². The Morgan fingerprint density at radius 3 is 2.47 bits per heavy atom. The smallest absolute Gasteiger partial charge is 0.305 e. The highest BCUT2D eigenvalue weighted by Gasteiger charge is 2.20. The van der Waals surface area contributed by atoms with Gasteiger partial charge in [0, 0.05) is 22.0 Å². The van der Waals surface area contributed by atoms with E-state index in [0.29, 0.717) is 17.0 Å². The van der Waals surface area contributed by atoms with Crippen LogP contribution in [0.2, 0.25) is 0 Å². The average molecular weight is 318 g/mol. The number of thiazole rings is 1. The molecule has 0 aliphatic carbocycles. The first kappa shape index (κ1) is 14.4. The highest BCUT2D eigenvalue weighted by molar-refractivity contribution is 7.91. The number of aromatic amines is 1. The second kappa shape index (κ2) is 5.58. The molecular weight excluding hydrogens is 304 g/mol. The molecule has 0 bridgehead atoms. The van der Waals surface area contributed by atoms with Crippen molar-refractivity contribution < 1.29 is 8.42 Å². The summed E-state index contributed by atoms with van der Waals surface area (Å²) in [6, 6.07) is 3.91. The van der Waals surface area contributed by atoms with Gasteiger partial charge in [0.2, 0.25) is 0 Å². The molecule has 2 N–H and O–H groups in total. The van der Waals surface area contributed by atoms with Crippen LogP contribution in [-0.2, 0) is 23.0 Å². The predicted octanol–water partition coefficient (Wildman–Crippen LogP) is 1.85. The first-order valence-electron chi connectivity index (χ1n) is 5.69. The Balaban J connectivity index is 2.14. The van der Waals surface area contributed by atoms with Crippen LogP contribution >= 0.6 is 22.7 Å². The third kappa shape index (κ3) is 3.33. The molecule has 0 aromatic carbocycles. The molecule has 0 saturated carbocycles. The number of sulfonamides is 1. The van der Waals surface area contributed by atoms with Crippen molar-refractivity contribution in [1.29, 1.82) is 0 Å². The number of rotatable bonds is 5. The maximum Gasteiger partial charge on any atom is 0.305 e. The van der Waals surface area contributed by atoms with E-state index in [0.717, 1.165) is 11.3 Å². The van der Waals surface area contributed by atoms with Crippen LogP contribution in [-0.4, -0.2) is 13.4 Å². The molecule has 2 rings (SSSR count). The van der Waals surface area contributed by atoms with E-state index in [-0.39, 0.29) is 15.6 Å². The fraction of sp³-hybridized carbons (Fsp3) is 0.364. The topological polar surface area (TPSA) is 79.0 Å². The summed E-state index contributed by atoms with van der Waals surface area (Å²) in [4.78, 5) is 15.4. The van der Waals surface area contributed by atoms with Crippen molar-refractivity contribution in [3.05, 3.63) is 37.2 Å². The zero-order valence-corrected chi connectivity index (χ0v) is 13.0. The van der Waals surface area contributed by atoms with Crippen LogP contribution in [0.3, 0.4) is 0 Å². The third-order valence-corrected chi connectivity index (χ3v) is 6.76. The number of aromatic nitrogens is 1.